The Bertz CT molecular complexity index is 813. The molecule has 3 nitrogen and oxygen atoms in total. The summed E-state index contributed by atoms with van der Waals surface area (Å²) in [5, 5.41) is 10.8. The Balaban J connectivity index is 2.24. The van der Waals surface area contributed by atoms with Crippen LogP contribution in [0.4, 0.5) is 0 Å². The third-order valence-corrected chi connectivity index (χ3v) is 3.47. The molecule has 3 rings (SSSR count). The van der Waals surface area contributed by atoms with Gasteiger partial charge < -0.3 is 9.30 Å². The van der Waals surface area contributed by atoms with Crippen molar-refractivity contribution in [3.63, 3.8) is 0 Å². The Hall–Kier alpha value is -2.44. The molecule has 0 unspecified atom stereocenters. The zero-order chi connectivity index (χ0) is 14.1. The van der Waals surface area contributed by atoms with Crippen LogP contribution in [0.5, 0.6) is 5.75 Å². The molecule has 0 bridgehead atoms. The van der Waals surface area contributed by atoms with Crippen molar-refractivity contribution < 1.29 is 4.74 Å². The second-order valence-corrected chi connectivity index (χ2v) is 4.82. The summed E-state index contributed by atoms with van der Waals surface area (Å²) < 4.78 is 7.11. The minimum Gasteiger partial charge on any atom is -0.497 e. The van der Waals surface area contributed by atoms with Gasteiger partial charge in [-0.25, -0.2) is 0 Å². The molecule has 0 N–H and O–H groups in total. The topological polar surface area (TPSA) is 38.0 Å². The largest absolute Gasteiger partial charge is 0.497 e. The lowest BCUT2D eigenvalue weighted by Gasteiger charge is -2.06. The molecule has 2 aromatic carbocycles. The molecule has 0 aliphatic carbocycles. The van der Waals surface area contributed by atoms with Crippen LogP contribution in [0.15, 0.2) is 48.7 Å². The lowest BCUT2D eigenvalue weighted by Crippen LogP contribution is -1.92. The highest BCUT2D eigenvalue weighted by Gasteiger charge is 2.10. The second kappa shape index (κ2) is 4.92. The van der Waals surface area contributed by atoms with Crippen molar-refractivity contribution in [3.05, 3.63) is 59.2 Å². The maximum Gasteiger partial charge on any atom is 0.119 e. The van der Waals surface area contributed by atoms with E-state index in [2.05, 4.69) is 6.07 Å². The lowest BCUT2D eigenvalue weighted by atomic mass is 10.2. The van der Waals surface area contributed by atoms with Crippen molar-refractivity contribution in [2.24, 2.45) is 0 Å². The number of nitriles is 1. The van der Waals surface area contributed by atoms with Crippen molar-refractivity contribution in [3.8, 4) is 17.5 Å². The average molecular weight is 283 g/mol. The van der Waals surface area contributed by atoms with Gasteiger partial charge in [-0.1, -0.05) is 17.7 Å². The van der Waals surface area contributed by atoms with Crippen molar-refractivity contribution in [2.75, 3.05) is 7.11 Å². The fourth-order valence-electron chi connectivity index (χ4n) is 2.25. The number of ether oxygens (including phenoxy) is 1. The van der Waals surface area contributed by atoms with E-state index in [-0.39, 0.29) is 0 Å². The molecule has 0 amide bonds. The van der Waals surface area contributed by atoms with Crippen LogP contribution in [-0.2, 0) is 0 Å². The number of hydrogen-bond acceptors (Lipinski definition) is 2. The molecule has 1 heterocycles. The number of aromatic nitrogens is 1. The molecule has 0 saturated carbocycles. The number of hydrogen-bond donors (Lipinski definition) is 0. The SMILES string of the molecule is COc1ccc(-n2cc(C#N)c3ccc(Cl)cc32)cc1. The lowest BCUT2D eigenvalue weighted by molar-refractivity contribution is 0.415. The van der Waals surface area contributed by atoms with Gasteiger partial charge in [-0.2, -0.15) is 5.26 Å². The third-order valence-electron chi connectivity index (χ3n) is 3.24. The van der Waals surface area contributed by atoms with E-state index in [1.54, 1.807) is 13.2 Å². The van der Waals surface area contributed by atoms with E-state index in [1.165, 1.54) is 0 Å². The average Bonchev–Trinajstić information content (AvgIpc) is 2.85. The summed E-state index contributed by atoms with van der Waals surface area (Å²) in [5.41, 5.74) is 2.51. The molecule has 1 aromatic heterocycles. The normalized spacial score (nSPS) is 10.4. The minimum atomic E-state index is 0.632. The molecule has 20 heavy (non-hydrogen) atoms. The number of rotatable bonds is 2. The van der Waals surface area contributed by atoms with Gasteiger partial charge in [-0.15, -0.1) is 0 Å². The molecule has 3 aromatic rings. The minimum absolute atomic E-state index is 0.632. The molecule has 0 aliphatic heterocycles. The molecule has 0 spiro atoms. The van der Waals surface area contributed by atoms with E-state index in [4.69, 9.17) is 16.3 Å². The van der Waals surface area contributed by atoms with Gasteiger partial charge in [0.1, 0.15) is 11.8 Å². The first-order valence-electron chi connectivity index (χ1n) is 6.08. The van der Waals surface area contributed by atoms with E-state index in [0.717, 1.165) is 22.3 Å². The van der Waals surface area contributed by atoms with E-state index < -0.39 is 0 Å². The Morgan fingerprint density at radius 1 is 1.15 bits per heavy atom. The molecule has 4 heteroatoms. The van der Waals surface area contributed by atoms with E-state index in [0.29, 0.717) is 10.6 Å². The molecule has 0 radical (unpaired) electrons. The van der Waals surface area contributed by atoms with E-state index in [9.17, 15) is 5.26 Å². The Morgan fingerprint density at radius 3 is 2.55 bits per heavy atom. The molecular formula is C16H11ClN2O. The van der Waals surface area contributed by atoms with Crippen LogP contribution in [0.25, 0.3) is 16.6 Å². The molecule has 0 aliphatic rings. The van der Waals surface area contributed by atoms with Crippen LogP contribution in [0.2, 0.25) is 5.02 Å². The Morgan fingerprint density at radius 2 is 1.90 bits per heavy atom. The van der Waals surface area contributed by atoms with Gasteiger partial charge in [0.25, 0.3) is 0 Å². The van der Waals surface area contributed by atoms with Crippen LogP contribution in [0.3, 0.4) is 0 Å². The zero-order valence-electron chi connectivity index (χ0n) is 10.8. The highest BCUT2D eigenvalue weighted by Crippen LogP contribution is 2.27. The first-order chi connectivity index (χ1) is 9.72. The first-order valence-corrected chi connectivity index (χ1v) is 6.46. The summed E-state index contributed by atoms with van der Waals surface area (Å²) in [7, 11) is 1.63. The van der Waals surface area contributed by atoms with E-state index >= 15 is 0 Å². The first kappa shape index (κ1) is 12.6. The predicted molar refractivity (Wildman–Crippen MR) is 79.6 cm³/mol. The van der Waals surface area contributed by atoms with Crippen LogP contribution in [-0.4, -0.2) is 11.7 Å². The molecular weight excluding hydrogens is 272 g/mol. The third kappa shape index (κ3) is 2.01. The summed E-state index contributed by atoms with van der Waals surface area (Å²) in [6.07, 6.45) is 1.82. The predicted octanol–water partition coefficient (Wildman–Crippen LogP) is 4.16. The molecule has 98 valence electrons. The molecule has 0 saturated heterocycles. The highest BCUT2D eigenvalue weighted by molar-refractivity contribution is 6.31. The standard InChI is InChI=1S/C16H11ClN2O/c1-20-14-5-3-13(4-6-14)19-10-11(9-18)15-7-2-12(17)8-16(15)19/h2-8,10H,1H3. The van der Waals surface area contributed by atoms with Gasteiger partial charge in [0.05, 0.1) is 18.2 Å². The summed E-state index contributed by atoms with van der Waals surface area (Å²) in [5.74, 6) is 0.795. The van der Waals surface area contributed by atoms with Crippen LogP contribution in [0, 0.1) is 11.3 Å². The van der Waals surface area contributed by atoms with Crippen LogP contribution >= 0.6 is 11.6 Å². The number of fused-ring (bicyclic) bond motifs is 1. The van der Waals surface area contributed by atoms with Gasteiger partial charge in [0.2, 0.25) is 0 Å². The van der Waals surface area contributed by atoms with Gasteiger partial charge in [-0.05, 0) is 36.4 Å². The zero-order valence-corrected chi connectivity index (χ0v) is 11.6. The molecule has 0 atom stereocenters. The van der Waals surface area contributed by atoms with Crippen LogP contribution in [0.1, 0.15) is 5.56 Å². The Kier molecular flexibility index (Phi) is 3.09. The maximum absolute atomic E-state index is 9.23. The summed E-state index contributed by atoms with van der Waals surface area (Å²) in [6, 6.07) is 15.4. The number of methoxy groups -OCH3 is 1. The van der Waals surface area contributed by atoms with Gasteiger partial charge in [-0.3, -0.25) is 0 Å². The fourth-order valence-corrected chi connectivity index (χ4v) is 2.41. The van der Waals surface area contributed by atoms with Crippen molar-refractivity contribution in [1.29, 1.82) is 5.26 Å². The van der Waals surface area contributed by atoms with Gasteiger partial charge in [0.15, 0.2) is 0 Å². The monoisotopic (exact) mass is 282 g/mol. The maximum atomic E-state index is 9.23. The molecule has 0 fully saturated rings. The van der Waals surface area contributed by atoms with E-state index in [1.807, 2.05) is 47.2 Å². The van der Waals surface area contributed by atoms with Crippen molar-refractivity contribution in [1.82, 2.24) is 4.57 Å². The summed E-state index contributed by atoms with van der Waals surface area (Å²) in [6.45, 7) is 0. The van der Waals surface area contributed by atoms with Crippen molar-refractivity contribution in [2.45, 2.75) is 0 Å². The second-order valence-electron chi connectivity index (χ2n) is 4.38. The Labute approximate surface area is 121 Å². The summed E-state index contributed by atoms with van der Waals surface area (Å²) >= 11 is 6.06. The van der Waals surface area contributed by atoms with Crippen molar-refractivity contribution >= 4 is 22.5 Å². The quantitative estimate of drug-likeness (QED) is 0.708. The van der Waals surface area contributed by atoms with Gasteiger partial charge >= 0.3 is 0 Å². The fraction of sp³-hybridized carbons (Fsp3) is 0.0625. The highest BCUT2D eigenvalue weighted by atomic mass is 35.5. The number of benzene rings is 2. The summed E-state index contributed by atoms with van der Waals surface area (Å²) in [4.78, 5) is 0. The smallest absolute Gasteiger partial charge is 0.119 e. The van der Waals surface area contributed by atoms with Gasteiger partial charge in [0, 0.05) is 22.3 Å². The van der Waals surface area contributed by atoms with Crippen LogP contribution < -0.4 is 4.74 Å². The number of halogens is 1. The number of nitrogens with zero attached hydrogens (tertiary/aromatic N) is 2.